The van der Waals surface area contributed by atoms with Gasteiger partial charge < -0.3 is 10.1 Å². The van der Waals surface area contributed by atoms with Crippen LogP contribution in [0.1, 0.15) is 24.8 Å². The van der Waals surface area contributed by atoms with E-state index in [0.29, 0.717) is 12.6 Å². The maximum absolute atomic E-state index is 12.2. The third kappa shape index (κ3) is 4.69. The number of ether oxygens (including phenoxy) is 1. The lowest BCUT2D eigenvalue weighted by Crippen LogP contribution is -2.34. The molecular formula is C13H15BrF3NO. The summed E-state index contributed by atoms with van der Waals surface area (Å²) in [6, 6.07) is 5.51. The molecule has 1 aromatic carbocycles. The Kier molecular flexibility index (Phi) is 4.73. The van der Waals surface area contributed by atoms with Gasteiger partial charge in [0.1, 0.15) is 5.75 Å². The van der Waals surface area contributed by atoms with E-state index in [1.54, 1.807) is 18.2 Å². The summed E-state index contributed by atoms with van der Waals surface area (Å²) < 4.78 is 42.2. The molecule has 1 saturated carbocycles. The monoisotopic (exact) mass is 337 g/mol. The van der Waals surface area contributed by atoms with E-state index in [0.717, 1.165) is 22.9 Å². The summed E-state index contributed by atoms with van der Waals surface area (Å²) in [4.78, 5) is 0. The summed E-state index contributed by atoms with van der Waals surface area (Å²) in [5.41, 5.74) is 0.741. The zero-order chi connectivity index (χ0) is 13.9. The maximum atomic E-state index is 12.2. The van der Waals surface area contributed by atoms with Gasteiger partial charge >= 0.3 is 6.18 Å². The molecule has 0 unspecified atom stereocenters. The molecule has 2 nitrogen and oxygen atoms in total. The molecule has 19 heavy (non-hydrogen) atoms. The van der Waals surface area contributed by atoms with Crippen LogP contribution in [0.5, 0.6) is 5.75 Å². The first-order valence-electron chi connectivity index (χ1n) is 6.15. The molecule has 2 rings (SSSR count). The van der Waals surface area contributed by atoms with Crippen LogP contribution in [0, 0.1) is 0 Å². The standard InChI is InChI=1S/C13H15BrF3NO/c14-10-4-5-12(19-8-13(15,16)17)9(6-10)7-18-11-2-1-3-11/h4-6,11,18H,1-3,7-8H2. The lowest BCUT2D eigenvalue weighted by molar-refractivity contribution is -0.153. The molecule has 0 heterocycles. The van der Waals surface area contributed by atoms with E-state index in [2.05, 4.69) is 21.2 Å². The van der Waals surface area contributed by atoms with Gasteiger partial charge in [-0.2, -0.15) is 13.2 Å². The molecule has 0 bridgehead atoms. The van der Waals surface area contributed by atoms with Crippen LogP contribution < -0.4 is 10.1 Å². The minimum Gasteiger partial charge on any atom is -0.484 e. The molecule has 6 heteroatoms. The summed E-state index contributed by atoms with van der Waals surface area (Å²) >= 11 is 3.32. The SMILES string of the molecule is FC(F)(F)COc1ccc(Br)cc1CNC1CCC1. The fourth-order valence-electron chi connectivity index (χ4n) is 1.85. The van der Waals surface area contributed by atoms with Crippen molar-refractivity contribution in [1.82, 2.24) is 5.32 Å². The van der Waals surface area contributed by atoms with Crippen LogP contribution in [0.15, 0.2) is 22.7 Å². The Labute approximate surface area is 118 Å². The van der Waals surface area contributed by atoms with Crippen LogP contribution in [-0.2, 0) is 6.54 Å². The highest BCUT2D eigenvalue weighted by atomic mass is 79.9. The van der Waals surface area contributed by atoms with Gasteiger partial charge in [0.2, 0.25) is 0 Å². The number of rotatable bonds is 5. The molecule has 0 spiro atoms. The Morgan fingerprint density at radius 3 is 2.63 bits per heavy atom. The number of halogens is 4. The smallest absolute Gasteiger partial charge is 0.422 e. The average molecular weight is 338 g/mol. The van der Waals surface area contributed by atoms with Gasteiger partial charge in [-0.05, 0) is 31.0 Å². The van der Waals surface area contributed by atoms with Crippen LogP contribution in [0.3, 0.4) is 0 Å². The van der Waals surface area contributed by atoms with Crippen molar-refractivity contribution >= 4 is 15.9 Å². The number of hydrogen-bond acceptors (Lipinski definition) is 2. The van der Waals surface area contributed by atoms with E-state index < -0.39 is 12.8 Å². The molecule has 1 aromatic rings. The van der Waals surface area contributed by atoms with E-state index in [1.165, 1.54) is 6.42 Å². The first-order valence-corrected chi connectivity index (χ1v) is 6.95. The zero-order valence-corrected chi connectivity index (χ0v) is 11.9. The maximum Gasteiger partial charge on any atom is 0.422 e. The number of nitrogens with one attached hydrogen (secondary N) is 1. The van der Waals surface area contributed by atoms with Gasteiger partial charge in [0.05, 0.1) is 0 Å². The van der Waals surface area contributed by atoms with Crippen LogP contribution in [0.4, 0.5) is 13.2 Å². The average Bonchev–Trinajstić information content (AvgIpc) is 2.24. The fourth-order valence-corrected chi connectivity index (χ4v) is 2.26. The topological polar surface area (TPSA) is 21.3 Å². The molecule has 0 saturated heterocycles. The summed E-state index contributed by atoms with van der Waals surface area (Å²) in [6.45, 7) is -0.734. The molecule has 106 valence electrons. The molecule has 1 N–H and O–H groups in total. The second-order valence-corrected chi connectivity index (χ2v) is 5.58. The third-order valence-corrected chi connectivity index (χ3v) is 3.59. The molecule has 0 radical (unpaired) electrons. The van der Waals surface area contributed by atoms with Crippen LogP contribution in [0.2, 0.25) is 0 Å². The van der Waals surface area contributed by atoms with Crippen molar-refractivity contribution in [3.63, 3.8) is 0 Å². The summed E-state index contributed by atoms with van der Waals surface area (Å²) in [5.74, 6) is 0.285. The van der Waals surface area contributed by atoms with Crippen LogP contribution in [0.25, 0.3) is 0 Å². The molecular weight excluding hydrogens is 323 g/mol. The summed E-state index contributed by atoms with van der Waals surface area (Å²) in [7, 11) is 0. The first-order chi connectivity index (χ1) is 8.94. The van der Waals surface area contributed by atoms with E-state index >= 15 is 0 Å². The van der Waals surface area contributed by atoms with Crippen molar-refractivity contribution in [3.05, 3.63) is 28.2 Å². The Morgan fingerprint density at radius 2 is 2.05 bits per heavy atom. The molecule has 0 atom stereocenters. The van der Waals surface area contributed by atoms with Gasteiger partial charge in [-0.25, -0.2) is 0 Å². The van der Waals surface area contributed by atoms with Crippen molar-refractivity contribution in [2.75, 3.05) is 6.61 Å². The first kappa shape index (κ1) is 14.7. The fraction of sp³-hybridized carbons (Fsp3) is 0.538. The number of hydrogen-bond donors (Lipinski definition) is 1. The number of alkyl halides is 3. The lowest BCUT2D eigenvalue weighted by Gasteiger charge is -2.27. The Balaban J connectivity index is 1.99. The Hall–Kier alpha value is -0.750. The molecule has 0 aromatic heterocycles. The van der Waals surface area contributed by atoms with Crippen molar-refractivity contribution < 1.29 is 17.9 Å². The van der Waals surface area contributed by atoms with Crippen molar-refractivity contribution in [3.8, 4) is 5.75 Å². The van der Waals surface area contributed by atoms with Crippen molar-refractivity contribution in [2.45, 2.75) is 38.0 Å². The van der Waals surface area contributed by atoms with Gasteiger partial charge in [-0.15, -0.1) is 0 Å². The normalized spacial score (nSPS) is 16.2. The second kappa shape index (κ2) is 6.13. The minimum absolute atomic E-state index is 0.285. The van der Waals surface area contributed by atoms with Gasteiger partial charge in [-0.3, -0.25) is 0 Å². The molecule has 0 amide bonds. The van der Waals surface area contributed by atoms with E-state index in [4.69, 9.17) is 4.74 Å². The Bertz CT molecular complexity index is 432. The van der Waals surface area contributed by atoms with Gasteiger partial charge in [0.25, 0.3) is 0 Å². The molecule has 1 fully saturated rings. The van der Waals surface area contributed by atoms with Crippen molar-refractivity contribution in [1.29, 1.82) is 0 Å². The van der Waals surface area contributed by atoms with Crippen LogP contribution >= 0.6 is 15.9 Å². The van der Waals surface area contributed by atoms with E-state index in [-0.39, 0.29) is 5.75 Å². The molecule has 1 aliphatic carbocycles. The largest absolute Gasteiger partial charge is 0.484 e. The quantitative estimate of drug-likeness (QED) is 0.875. The molecule has 0 aliphatic heterocycles. The summed E-state index contributed by atoms with van der Waals surface area (Å²) in [5, 5.41) is 3.32. The second-order valence-electron chi connectivity index (χ2n) is 4.66. The third-order valence-electron chi connectivity index (χ3n) is 3.10. The van der Waals surface area contributed by atoms with E-state index in [9.17, 15) is 13.2 Å². The van der Waals surface area contributed by atoms with E-state index in [1.807, 2.05) is 0 Å². The predicted octanol–water partition coefficient (Wildman–Crippen LogP) is 4.03. The summed E-state index contributed by atoms with van der Waals surface area (Å²) in [6.07, 6.45) is -0.835. The highest BCUT2D eigenvalue weighted by Crippen LogP contribution is 2.26. The van der Waals surface area contributed by atoms with Gasteiger partial charge in [0.15, 0.2) is 6.61 Å². The zero-order valence-electron chi connectivity index (χ0n) is 10.3. The van der Waals surface area contributed by atoms with Crippen LogP contribution in [-0.4, -0.2) is 18.8 Å². The minimum atomic E-state index is -4.31. The lowest BCUT2D eigenvalue weighted by atomic mass is 9.93. The number of benzene rings is 1. The Morgan fingerprint density at radius 1 is 1.32 bits per heavy atom. The van der Waals surface area contributed by atoms with Gasteiger partial charge in [-0.1, -0.05) is 22.4 Å². The van der Waals surface area contributed by atoms with Crippen molar-refractivity contribution in [2.24, 2.45) is 0 Å². The molecule has 1 aliphatic rings. The van der Waals surface area contributed by atoms with Gasteiger partial charge in [0, 0.05) is 22.6 Å². The highest BCUT2D eigenvalue weighted by Gasteiger charge is 2.29. The predicted molar refractivity (Wildman–Crippen MR) is 70.2 cm³/mol. The highest BCUT2D eigenvalue weighted by molar-refractivity contribution is 9.10.